The third-order valence-corrected chi connectivity index (χ3v) is 4.41. The number of amides is 2. The van der Waals surface area contributed by atoms with Gasteiger partial charge in [-0.05, 0) is 36.4 Å². The molecule has 0 aliphatic carbocycles. The molecule has 25 heavy (non-hydrogen) atoms. The zero-order valence-electron chi connectivity index (χ0n) is 13.3. The monoisotopic (exact) mass is 363 g/mol. The number of rotatable bonds is 5. The highest BCUT2D eigenvalue weighted by atomic mass is 32.1. The van der Waals surface area contributed by atoms with Crippen LogP contribution in [0.4, 0.5) is 19.3 Å². The van der Waals surface area contributed by atoms with Crippen molar-refractivity contribution in [3.63, 3.8) is 0 Å². The smallest absolute Gasteiger partial charge is 0.387 e. The molecule has 0 saturated carbocycles. The van der Waals surface area contributed by atoms with E-state index in [9.17, 15) is 13.6 Å². The highest BCUT2D eigenvalue weighted by Gasteiger charge is 2.12. The minimum atomic E-state index is -2.87. The Hall–Kier alpha value is -2.74. The van der Waals surface area contributed by atoms with E-state index in [0.717, 1.165) is 15.2 Å². The van der Waals surface area contributed by atoms with E-state index < -0.39 is 6.61 Å². The fourth-order valence-electron chi connectivity index (χ4n) is 2.20. The lowest BCUT2D eigenvalue weighted by molar-refractivity contribution is -0.0498. The molecule has 8 heteroatoms. The van der Waals surface area contributed by atoms with Gasteiger partial charge in [0, 0.05) is 12.7 Å². The largest absolute Gasteiger partial charge is 0.435 e. The number of thiazole rings is 1. The van der Waals surface area contributed by atoms with Crippen LogP contribution in [0.2, 0.25) is 0 Å². The number of aromatic nitrogens is 1. The van der Waals surface area contributed by atoms with Crippen LogP contribution < -0.4 is 10.1 Å². The van der Waals surface area contributed by atoms with Gasteiger partial charge in [-0.1, -0.05) is 12.1 Å². The van der Waals surface area contributed by atoms with Gasteiger partial charge in [-0.15, -0.1) is 11.3 Å². The van der Waals surface area contributed by atoms with Crippen molar-refractivity contribution in [2.45, 2.75) is 13.2 Å². The Morgan fingerprint density at radius 2 is 1.96 bits per heavy atom. The van der Waals surface area contributed by atoms with Gasteiger partial charge in [0.15, 0.2) is 0 Å². The van der Waals surface area contributed by atoms with E-state index in [1.165, 1.54) is 40.5 Å². The summed E-state index contributed by atoms with van der Waals surface area (Å²) in [6, 6.07) is 13.2. The molecule has 0 aliphatic rings. The van der Waals surface area contributed by atoms with Crippen LogP contribution in [0.1, 0.15) is 5.01 Å². The van der Waals surface area contributed by atoms with Crippen molar-refractivity contribution in [3.05, 3.63) is 53.5 Å². The Labute approximate surface area is 146 Å². The number of fused-ring (bicyclic) bond motifs is 1. The maximum absolute atomic E-state index is 12.2. The van der Waals surface area contributed by atoms with Crippen LogP contribution in [-0.4, -0.2) is 29.6 Å². The summed E-state index contributed by atoms with van der Waals surface area (Å²) in [4.78, 5) is 18.2. The van der Waals surface area contributed by atoms with Gasteiger partial charge in [-0.3, -0.25) is 0 Å². The standard InChI is InChI=1S/C17H15F2N3O2S/c1-22(10-15-21-13-4-2-3-5-14(13)25-15)17(23)20-11-6-8-12(9-7-11)24-16(18)19/h2-9,16H,10H2,1H3,(H,20,23). The average molecular weight is 363 g/mol. The molecule has 130 valence electrons. The summed E-state index contributed by atoms with van der Waals surface area (Å²) in [7, 11) is 1.66. The summed E-state index contributed by atoms with van der Waals surface area (Å²) < 4.78 is 29.6. The third kappa shape index (κ3) is 4.42. The maximum atomic E-state index is 12.2. The number of nitrogens with one attached hydrogen (secondary N) is 1. The first-order valence-corrected chi connectivity index (χ1v) is 8.24. The van der Waals surface area contributed by atoms with E-state index in [1.54, 1.807) is 7.05 Å². The van der Waals surface area contributed by atoms with E-state index >= 15 is 0 Å². The summed E-state index contributed by atoms with van der Waals surface area (Å²) in [5, 5.41) is 3.53. The first-order chi connectivity index (χ1) is 12.0. The molecule has 2 amide bonds. The van der Waals surface area contributed by atoms with Gasteiger partial charge in [-0.25, -0.2) is 9.78 Å². The van der Waals surface area contributed by atoms with Crippen molar-refractivity contribution in [1.82, 2.24) is 9.88 Å². The molecule has 0 bridgehead atoms. The number of benzene rings is 2. The first kappa shape index (κ1) is 17.1. The lowest BCUT2D eigenvalue weighted by atomic mass is 10.3. The molecular formula is C17H15F2N3O2S. The van der Waals surface area contributed by atoms with Crippen LogP contribution in [0.15, 0.2) is 48.5 Å². The third-order valence-electron chi connectivity index (χ3n) is 3.39. The maximum Gasteiger partial charge on any atom is 0.387 e. The fourth-order valence-corrected chi connectivity index (χ4v) is 3.22. The van der Waals surface area contributed by atoms with Crippen LogP contribution in [-0.2, 0) is 6.54 Å². The molecule has 0 spiro atoms. The molecule has 0 radical (unpaired) electrons. The molecule has 0 atom stereocenters. The minimum absolute atomic E-state index is 0.0378. The van der Waals surface area contributed by atoms with Crippen molar-refractivity contribution in [2.24, 2.45) is 0 Å². The normalized spacial score (nSPS) is 10.9. The van der Waals surface area contributed by atoms with E-state index in [4.69, 9.17) is 0 Å². The number of hydrogen-bond acceptors (Lipinski definition) is 4. The average Bonchev–Trinajstić information content (AvgIpc) is 2.98. The summed E-state index contributed by atoms with van der Waals surface area (Å²) >= 11 is 1.54. The second-order valence-electron chi connectivity index (χ2n) is 5.26. The van der Waals surface area contributed by atoms with E-state index in [2.05, 4.69) is 15.0 Å². The Bertz CT molecular complexity index is 835. The number of carbonyl (C=O) groups excluding carboxylic acids is 1. The number of alkyl halides is 2. The minimum Gasteiger partial charge on any atom is -0.435 e. The van der Waals surface area contributed by atoms with E-state index in [0.29, 0.717) is 12.2 Å². The number of para-hydroxylation sites is 1. The molecule has 0 aliphatic heterocycles. The number of carbonyl (C=O) groups is 1. The number of ether oxygens (including phenoxy) is 1. The van der Waals surface area contributed by atoms with Crippen LogP contribution in [0.3, 0.4) is 0 Å². The first-order valence-electron chi connectivity index (χ1n) is 7.43. The van der Waals surface area contributed by atoms with Gasteiger partial charge in [0.05, 0.1) is 16.8 Å². The summed E-state index contributed by atoms with van der Waals surface area (Å²) in [5.41, 5.74) is 1.40. The Balaban J connectivity index is 1.60. The van der Waals surface area contributed by atoms with Gasteiger partial charge in [0.25, 0.3) is 0 Å². The van der Waals surface area contributed by atoms with Crippen molar-refractivity contribution < 1.29 is 18.3 Å². The lowest BCUT2D eigenvalue weighted by Crippen LogP contribution is -2.30. The second-order valence-corrected chi connectivity index (χ2v) is 6.38. The summed E-state index contributed by atoms with van der Waals surface area (Å²) in [6.45, 7) is -2.50. The Morgan fingerprint density at radius 1 is 1.24 bits per heavy atom. The molecule has 2 aromatic carbocycles. The Kier molecular flexibility index (Phi) is 5.08. The predicted octanol–water partition coefficient (Wildman–Crippen LogP) is 4.56. The molecule has 0 unspecified atom stereocenters. The molecular weight excluding hydrogens is 348 g/mol. The molecule has 1 heterocycles. The van der Waals surface area contributed by atoms with Gasteiger partial charge in [-0.2, -0.15) is 8.78 Å². The topological polar surface area (TPSA) is 54.5 Å². The summed E-state index contributed by atoms with van der Waals surface area (Å²) in [6.07, 6.45) is 0. The number of nitrogens with zero attached hydrogens (tertiary/aromatic N) is 2. The number of halogens is 2. The molecule has 0 fully saturated rings. The van der Waals surface area contributed by atoms with Gasteiger partial charge in [0.1, 0.15) is 10.8 Å². The SMILES string of the molecule is CN(Cc1nc2ccccc2s1)C(=O)Nc1ccc(OC(F)F)cc1. The molecule has 5 nitrogen and oxygen atoms in total. The van der Waals surface area contributed by atoms with Crippen LogP contribution in [0.25, 0.3) is 10.2 Å². The van der Waals surface area contributed by atoms with E-state index in [-0.39, 0.29) is 11.8 Å². The number of urea groups is 1. The van der Waals surface area contributed by atoms with Crippen LogP contribution in [0.5, 0.6) is 5.75 Å². The van der Waals surface area contributed by atoms with E-state index in [1.807, 2.05) is 24.3 Å². The zero-order valence-corrected chi connectivity index (χ0v) is 14.1. The fraction of sp³-hybridized carbons (Fsp3) is 0.176. The highest BCUT2D eigenvalue weighted by Crippen LogP contribution is 2.23. The molecule has 3 aromatic rings. The van der Waals surface area contributed by atoms with Crippen LogP contribution >= 0.6 is 11.3 Å². The van der Waals surface area contributed by atoms with Gasteiger partial charge in [0.2, 0.25) is 0 Å². The van der Waals surface area contributed by atoms with Crippen molar-refractivity contribution >= 4 is 33.3 Å². The van der Waals surface area contributed by atoms with Crippen molar-refractivity contribution in [3.8, 4) is 5.75 Å². The lowest BCUT2D eigenvalue weighted by Gasteiger charge is -2.16. The number of hydrogen-bond donors (Lipinski definition) is 1. The van der Waals surface area contributed by atoms with Crippen LogP contribution in [0, 0.1) is 0 Å². The van der Waals surface area contributed by atoms with Gasteiger partial charge >= 0.3 is 12.6 Å². The quantitative estimate of drug-likeness (QED) is 0.723. The number of anilines is 1. The van der Waals surface area contributed by atoms with Gasteiger partial charge < -0.3 is 15.0 Å². The molecule has 0 saturated heterocycles. The zero-order chi connectivity index (χ0) is 17.8. The predicted molar refractivity (Wildman–Crippen MR) is 93.2 cm³/mol. The molecule has 3 rings (SSSR count). The summed E-state index contributed by atoms with van der Waals surface area (Å²) in [5.74, 6) is 0.0378. The second kappa shape index (κ2) is 7.43. The highest BCUT2D eigenvalue weighted by molar-refractivity contribution is 7.18. The molecule has 1 aromatic heterocycles. The van der Waals surface area contributed by atoms with Crippen molar-refractivity contribution in [2.75, 3.05) is 12.4 Å². The Morgan fingerprint density at radius 3 is 2.64 bits per heavy atom. The molecule has 1 N–H and O–H groups in total. The van der Waals surface area contributed by atoms with Crippen molar-refractivity contribution in [1.29, 1.82) is 0 Å².